The number of aryl methyl sites for hydroxylation is 1. The van der Waals surface area contributed by atoms with Crippen LogP contribution in [-0.4, -0.2) is 14.7 Å². The molecule has 1 atom stereocenters. The quantitative estimate of drug-likeness (QED) is 0.861. The Kier molecular flexibility index (Phi) is 2.89. The standard InChI is InChI=1S/C9H9IN2OS/c1-12-3-7(11-5-12)9(13)6-2-8(10)14-4-6/h2-5,9,13H,1H3. The van der Waals surface area contributed by atoms with E-state index < -0.39 is 6.10 Å². The van der Waals surface area contributed by atoms with E-state index in [-0.39, 0.29) is 0 Å². The summed E-state index contributed by atoms with van der Waals surface area (Å²) in [4.78, 5) is 4.12. The Hall–Kier alpha value is -0.400. The average Bonchev–Trinajstić information content (AvgIpc) is 2.73. The first-order chi connectivity index (χ1) is 6.66. The van der Waals surface area contributed by atoms with Gasteiger partial charge in [-0.2, -0.15) is 0 Å². The zero-order chi connectivity index (χ0) is 10.1. The molecular formula is C9H9IN2OS. The Labute approximate surface area is 99.6 Å². The van der Waals surface area contributed by atoms with Gasteiger partial charge >= 0.3 is 0 Å². The van der Waals surface area contributed by atoms with Gasteiger partial charge in [0.1, 0.15) is 6.10 Å². The van der Waals surface area contributed by atoms with Crippen LogP contribution in [0.3, 0.4) is 0 Å². The molecule has 2 aromatic rings. The van der Waals surface area contributed by atoms with Crippen LogP contribution in [0.25, 0.3) is 0 Å². The highest BCUT2D eigenvalue weighted by Crippen LogP contribution is 2.25. The fourth-order valence-corrected chi connectivity index (χ4v) is 2.60. The Morgan fingerprint density at radius 2 is 2.43 bits per heavy atom. The topological polar surface area (TPSA) is 38.0 Å². The highest BCUT2D eigenvalue weighted by atomic mass is 127. The largest absolute Gasteiger partial charge is 0.382 e. The Bertz CT molecular complexity index is 397. The molecule has 14 heavy (non-hydrogen) atoms. The van der Waals surface area contributed by atoms with Gasteiger partial charge in [0.05, 0.1) is 14.9 Å². The normalized spacial score (nSPS) is 13.1. The van der Waals surface area contributed by atoms with Crippen molar-refractivity contribution in [2.45, 2.75) is 6.10 Å². The molecule has 0 aliphatic carbocycles. The molecule has 2 rings (SSSR count). The van der Waals surface area contributed by atoms with Crippen molar-refractivity contribution >= 4 is 33.9 Å². The number of hydrogen-bond donors (Lipinski definition) is 1. The first-order valence-electron chi connectivity index (χ1n) is 4.06. The molecule has 0 saturated carbocycles. The molecule has 1 N–H and O–H groups in total. The molecule has 2 aromatic heterocycles. The van der Waals surface area contributed by atoms with Gasteiger partial charge in [-0.15, -0.1) is 11.3 Å². The maximum absolute atomic E-state index is 9.95. The zero-order valence-corrected chi connectivity index (χ0v) is 10.5. The predicted octanol–water partition coefficient (Wildman–Crippen LogP) is 2.17. The lowest BCUT2D eigenvalue weighted by Crippen LogP contribution is -1.97. The van der Waals surface area contributed by atoms with Gasteiger partial charge in [-0.05, 0) is 39.6 Å². The molecule has 5 heteroatoms. The highest BCUT2D eigenvalue weighted by Gasteiger charge is 2.14. The molecule has 0 fully saturated rings. The first kappa shape index (κ1) is 10.1. The number of aliphatic hydroxyl groups is 1. The fourth-order valence-electron chi connectivity index (χ4n) is 1.21. The molecule has 0 saturated heterocycles. The summed E-state index contributed by atoms with van der Waals surface area (Å²) in [5.74, 6) is 0. The molecular weight excluding hydrogens is 311 g/mol. The molecule has 0 aliphatic rings. The van der Waals surface area contributed by atoms with Gasteiger partial charge in [0, 0.05) is 13.2 Å². The lowest BCUT2D eigenvalue weighted by atomic mass is 10.1. The SMILES string of the molecule is Cn1cnc(C(O)c2csc(I)c2)c1. The predicted molar refractivity (Wildman–Crippen MR) is 64.3 cm³/mol. The molecule has 0 aliphatic heterocycles. The van der Waals surface area contributed by atoms with Crippen LogP contribution in [-0.2, 0) is 7.05 Å². The monoisotopic (exact) mass is 320 g/mol. The number of halogens is 1. The van der Waals surface area contributed by atoms with Gasteiger partial charge in [0.2, 0.25) is 0 Å². The summed E-state index contributed by atoms with van der Waals surface area (Å²) in [5.41, 5.74) is 1.61. The third-order valence-corrected chi connectivity index (χ3v) is 3.72. The van der Waals surface area contributed by atoms with Crippen LogP contribution >= 0.6 is 33.9 Å². The molecule has 74 valence electrons. The van der Waals surface area contributed by atoms with Crippen molar-refractivity contribution in [3.63, 3.8) is 0 Å². The van der Waals surface area contributed by atoms with E-state index in [1.807, 2.05) is 29.3 Å². The number of imidazole rings is 1. The van der Waals surface area contributed by atoms with Crippen molar-refractivity contribution in [1.82, 2.24) is 9.55 Å². The minimum atomic E-state index is -0.601. The van der Waals surface area contributed by atoms with Crippen molar-refractivity contribution in [3.8, 4) is 0 Å². The van der Waals surface area contributed by atoms with Crippen molar-refractivity contribution in [2.24, 2.45) is 7.05 Å². The van der Waals surface area contributed by atoms with E-state index in [4.69, 9.17) is 0 Å². The smallest absolute Gasteiger partial charge is 0.123 e. The summed E-state index contributed by atoms with van der Waals surface area (Å²) in [6.45, 7) is 0. The summed E-state index contributed by atoms with van der Waals surface area (Å²) in [6, 6.07) is 1.98. The molecule has 3 nitrogen and oxygen atoms in total. The van der Waals surface area contributed by atoms with Crippen LogP contribution in [0.15, 0.2) is 24.0 Å². The first-order valence-corrected chi connectivity index (χ1v) is 6.02. The second kappa shape index (κ2) is 4.00. The molecule has 0 spiro atoms. The zero-order valence-electron chi connectivity index (χ0n) is 7.51. The van der Waals surface area contributed by atoms with Crippen molar-refractivity contribution < 1.29 is 5.11 Å². The number of rotatable bonds is 2. The molecule has 2 heterocycles. The summed E-state index contributed by atoms with van der Waals surface area (Å²) >= 11 is 3.87. The van der Waals surface area contributed by atoms with Gasteiger partial charge in [-0.1, -0.05) is 0 Å². The van der Waals surface area contributed by atoms with Crippen LogP contribution in [0.1, 0.15) is 17.4 Å². The van der Waals surface area contributed by atoms with Crippen LogP contribution in [0.4, 0.5) is 0 Å². The molecule has 0 amide bonds. The molecule has 0 aromatic carbocycles. The number of aromatic nitrogens is 2. The third kappa shape index (κ3) is 1.99. The van der Waals surface area contributed by atoms with E-state index in [2.05, 4.69) is 27.6 Å². The Morgan fingerprint density at radius 1 is 1.64 bits per heavy atom. The van der Waals surface area contributed by atoms with Gasteiger partial charge in [-0.3, -0.25) is 0 Å². The Balaban J connectivity index is 2.28. The van der Waals surface area contributed by atoms with E-state index in [1.54, 1.807) is 17.7 Å². The van der Waals surface area contributed by atoms with Crippen LogP contribution in [0.5, 0.6) is 0 Å². The average molecular weight is 320 g/mol. The minimum absolute atomic E-state index is 0.601. The number of thiophene rings is 1. The second-order valence-corrected chi connectivity index (χ2v) is 5.86. The van der Waals surface area contributed by atoms with Gasteiger partial charge < -0.3 is 9.67 Å². The maximum atomic E-state index is 9.95. The lowest BCUT2D eigenvalue weighted by molar-refractivity contribution is 0.216. The summed E-state index contributed by atoms with van der Waals surface area (Å²) in [6.07, 6.45) is 2.92. The summed E-state index contributed by atoms with van der Waals surface area (Å²) < 4.78 is 3.00. The van der Waals surface area contributed by atoms with E-state index in [1.165, 1.54) is 2.88 Å². The molecule has 1 unspecified atom stereocenters. The highest BCUT2D eigenvalue weighted by molar-refractivity contribution is 14.1. The van der Waals surface area contributed by atoms with Crippen LogP contribution < -0.4 is 0 Å². The molecule has 0 radical (unpaired) electrons. The maximum Gasteiger partial charge on any atom is 0.123 e. The van der Waals surface area contributed by atoms with Crippen LogP contribution in [0, 0.1) is 2.88 Å². The van der Waals surface area contributed by atoms with E-state index in [9.17, 15) is 5.11 Å². The van der Waals surface area contributed by atoms with E-state index in [0.717, 1.165) is 5.56 Å². The summed E-state index contributed by atoms with van der Waals surface area (Å²) in [7, 11) is 1.89. The van der Waals surface area contributed by atoms with E-state index in [0.29, 0.717) is 5.69 Å². The minimum Gasteiger partial charge on any atom is -0.382 e. The van der Waals surface area contributed by atoms with Crippen molar-refractivity contribution in [2.75, 3.05) is 0 Å². The van der Waals surface area contributed by atoms with Crippen LogP contribution in [0.2, 0.25) is 0 Å². The van der Waals surface area contributed by atoms with E-state index >= 15 is 0 Å². The second-order valence-electron chi connectivity index (χ2n) is 3.05. The molecule has 0 bridgehead atoms. The lowest BCUT2D eigenvalue weighted by Gasteiger charge is -2.03. The summed E-state index contributed by atoms with van der Waals surface area (Å²) in [5, 5.41) is 11.9. The van der Waals surface area contributed by atoms with Crippen molar-refractivity contribution in [1.29, 1.82) is 0 Å². The van der Waals surface area contributed by atoms with Gasteiger partial charge in [-0.25, -0.2) is 4.98 Å². The third-order valence-electron chi connectivity index (χ3n) is 1.91. The van der Waals surface area contributed by atoms with Gasteiger partial charge in [0.15, 0.2) is 0 Å². The Morgan fingerprint density at radius 3 is 2.93 bits per heavy atom. The number of hydrogen-bond acceptors (Lipinski definition) is 3. The fraction of sp³-hybridized carbons (Fsp3) is 0.222. The number of nitrogens with zero attached hydrogens (tertiary/aromatic N) is 2. The number of aliphatic hydroxyl groups excluding tert-OH is 1. The van der Waals surface area contributed by atoms with Gasteiger partial charge in [0.25, 0.3) is 0 Å². The van der Waals surface area contributed by atoms with Crippen molar-refractivity contribution in [3.05, 3.63) is 38.1 Å².